The summed E-state index contributed by atoms with van der Waals surface area (Å²) in [7, 11) is 0. The molecule has 6 aromatic carbocycles. The van der Waals surface area contributed by atoms with E-state index in [1.807, 2.05) is 121 Å². The van der Waals surface area contributed by atoms with Crippen LogP contribution in [0.3, 0.4) is 0 Å². The van der Waals surface area contributed by atoms with Crippen molar-refractivity contribution in [3.8, 4) is 56.8 Å². The van der Waals surface area contributed by atoms with Crippen molar-refractivity contribution in [1.29, 1.82) is 0 Å². The van der Waals surface area contributed by atoms with Crippen LogP contribution in [0.25, 0.3) is 62.0 Å². The first-order valence-electron chi connectivity index (χ1n) is 17.0. The number of rotatable bonds is 3. The third-order valence-electron chi connectivity index (χ3n) is 9.92. The summed E-state index contributed by atoms with van der Waals surface area (Å²) in [5.41, 5.74) is 7.05. The molecule has 0 bridgehead atoms. The zero-order valence-corrected chi connectivity index (χ0v) is 26.4. The molecule has 0 fully saturated rings. The van der Waals surface area contributed by atoms with Crippen LogP contribution in [-0.2, 0) is 5.41 Å². The molecule has 1 unspecified atom stereocenters. The van der Waals surface area contributed by atoms with Crippen LogP contribution >= 0.6 is 0 Å². The van der Waals surface area contributed by atoms with Crippen LogP contribution in [-0.4, -0.2) is 15.0 Å². The van der Waals surface area contributed by atoms with Gasteiger partial charge in [0.25, 0.3) is 0 Å². The van der Waals surface area contributed by atoms with Gasteiger partial charge >= 0.3 is 0 Å². The quantitative estimate of drug-likeness (QED) is 0.191. The molecule has 0 amide bonds. The number of ether oxygens (including phenoxy) is 2. The molecule has 3 heterocycles. The second kappa shape index (κ2) is 10.1. The maximum Gasteiger partial charge on any atom is 0.179 e. The number of aromatic nitrogens is 3. The van der Waals surface area contributed by atoms with Crippen molar-refractivity contribution in [3.63, 3.8) is 0 Å². The molecule has 0 N–H and O–H groups in total. The van der Waals surface area contributed by atoms with Crippen molar-refractivity contribution in [2.75, 3.05) is 0 Å². The standard InChI is InChI=1S/C44H25N3O3/c1-3-13-26(14-4-1)41-45-42(27-15-5-2-6-16-27)47-43(46-41)28-23-24-30-29-17-7-9-19-32(29)44(33(30)25-28)39-37(31-18-8-10-20-34(31)49-39)38-40(44)50-36-22-12-11-21-35(36)48-38/h1-25H/i7D. The molecule has 6 heteroatoms. The molecular weight excluding hydrogens is 619 g/mol. The van der Waals surface area contributed by atoms with E-state index < -0.39 is 5.41 Å². The fourth-order valence-electron chi connectivity index (χ4n) is 7.76. The van der Waals surface area contributed by atoms with Crippen LogP contribution in [0.5, 0.6) is 11.5 Å². The zero-order chi connectivity index (χ0) is 33.7. The number of hydrogen-bond acceptors (Lipinski definition) is 6. The van der Waals surface area contributed by atoms with E-state index in [4.69, 9.17) is 30.2 Å². The lowest BCUT2D eigenvalue weighted by atomic mass is 9.75. The Labute approximate surface area is 288 Å². The summed E-state index contributed by atoms with van der Waals surface area (Å²) in [6, 6.07) is 48.2. The zero-order valence-electron chi connectivity index (χ0n) is 27.4. The lowest BCUT2D eigenvalue weighted by molar-refractivity contribution is 0.306. The molecule has 234 valence electrons. The fourth-order valence-corrected chi connectivity index (χ4v) is 7.76. The Hall–Kier alpha value is -6.79. The van der Waals surface area contributed by atoms with Gasteiger partial charge in [-0.05, 0) is 46.5 Å². The monoisotopic (exact) mass is 644 g/mol. The number of nitrogens with zero attached hydrogens (tertiary/aromatic N) is 3. The largest absolute Gasteiger partial charge is 0.458 e. The minimum Gasteiger partial charge on any atom is -0.458 e. The van der Waals surface area contributed by atoms with Crippen molar-refractivity contribution in [3.05, 3.63) is 180 Å². The number of furan rings is 1. The summed E-state index contributed by atoms with van der Waals surface area (Å²) in [6.07, 6.45) is 0. The second-order valence-corrected chi connectivity index (χ2v) is 12.6. The molecule has 11 rings (SSSR count). The summed E-state index contributed by atoms with van der Waals surface area (Å²) in [4.78, 5) is 15.0. The molecule has 1 aliphatic heterocycles. The molecule has 50 heavy (non-hydrogen) atoms. The molecule has 1 atom stereocenters. The summed E-state index contributed by atoms with van der Waals surface area (Å²) < 4.78 is 29.2. The predicted octanol–water partition coefficient (Wildman–Crippen LogP) is 10.1. The van der Waals surface area contributed by atoms with E-state index in [0.717, 1.165) is 61.2 Å². The van der Waals surface area contributed by atoms with Crippen LogP contribution in [0.1, 0.15) is 23.8 Å². The van der Waals surface area contributed by atoms with Crippen LogP contribution < -0.4 is 9.47 Å². The number of hydrogen-bond donors (Lipinski definition) is 0. The van der Waals surface area contributed by atoms with Gasteiger partial charge < -0.3 is 13.9 Å². The molecule has 0 saturated carbocycles. The molecule has 0 radical (unpaired) electrons. The van der Waals surface area contributed by atoms with Crippen LogP contribution in [0.15, 0.2) is 162 Å². The molecular formula is C44H25N3O3. The van der Waals surface area contributed by atoms with Gasteiger partial charge in [0.15, 0.2) is 40.5 Å². The van der Waals surface area contributed by atoms with Crippen molar-refractivity contribution in [1.82, 2.24) is 15.0 Å². The van der Waals surface area contributed by atoms with Crippen LogP contribution in [0.4, 0.5) is 0 Å². The average Bonchev–Trinajstić information content (AvgIpc) is 3.80. The Morgan fingerprint density at radius 2 is 1.14 bits per heavy atom. The van der Waals surface area contributed by atoms with Crippen molar-refractivity contribution in [2.24, 2.45) is 0 Å². The maximum absolute atomic E-state index is 8.64. The van der Waals surface area contributed by atoms with Gasteiger partial charge in [-0.25, -0.2) is 15.0 Å². The number of para-hydroxylation sites is 3. The molecule has 0 saturated heterocycles. The van der Waals surface area contributed by atoms with Gasteiger partial charge in [0.1, 0.15) is 16.8 Å². The summed E-state index contributed by atoms with van der Waals surface area (Å²) >= 11 is 0. The minimum absolute atomic E-state index is 0.418. The van der Waals surface area contributed by atoms with Gasteiger partial charge in [0, 0.05) is 22.1 Å². The summed E-state index contributed by atoms with van der Waals surface area (Å²) in [6.45, 7) is 0. The van der Waals surface area contributed by atoms with Gasteiger partial charge in [0.05, 0.1) is 6.93 Å². The Morgan fingerprint density at radius 3 is 1.88 bits per heavy atom. The highest BCUT2D eigenvalue weighted by atomic mass is 16.6. The van der Waals surface area contributed by atoms with Gasteiger partial charge in [-0.1, -0.05) is 127 Å². The Bertz CT molecular complexity index is 2720. The average molecular weight is 645 g/mol. The fraction of sp³-hybridized carbons (Fsp3) is 0.0227. The van der Waals surface area contributed by atoms with Crippen LogP contribution in [0, 0.1) is 0 Å². The predicted molar refractivity (Wildman–Crippen MR) is 192 cm³/mol. The van der Waals surface area contributed by atoms with E-state index in [2.05, 4.69) is 24.3 Å². The second-order valence-electron chi connectivity index (χ2n) is 12.6. The minimum atomic E-state index is -1.01. The van der Waals surface area contributed by atoms with E-state index in [1.165, 1.54) is 0 Å². The Morgan fingerprint density at radius 1 is 0.520 bits per heavy atom. The first-order chi connectivity index (χ1) is 25.2. The summed E-state index contributed by atoms with van der Waals surface area (Å²) in [5, 5.41) is 0.945. The van der Waals surface area contributed by atoms with Crippen molar-refractivity contribution >= 4 is 16.7 Å². The molecule has 8 aromatic rings. The summed E-state index contributed by atoms with van der Waals surface area (Å²) in [5.74, 6) is 4.98. The highest BCUT2D eigenvalue weighted by molar-refractivity contribution is 6.01. The van der Waals surface area contributed by atoms with Gasteiger partial charge in [-0.15, -0.1) is 0 Å². The third kappa shape index (κ3) is 3.64. The normalized spacial score (nSPS) is 16.6. The molecule has 1 spiro atoms. The van der Waals surface area contributed by atoms with E-state index in [9.17, 15) is 0 Å². The van der Waals surface area contributed by atoms with E-state index in [0.29, 0.717) is 46.5 Å². The van der Waals surface area contributed by atoms with Crippen molar-refractivity contribution in [2.45, 2.75) is 5.41 Å². The topological polar surface area (TPSA) is 70.3 Å². The van der Waals surface area contributed by atoms with E-state index in [1.54, 1.807) is 0 Å². The molecule has 6 nitrogen and oxygen atoms in total. The first kappa shape index (κ1) is 26.2. The Balaban J connectivity index is 1.20. The third-order valence-corrected chi connectivity index (χ3v) is 9.92. The van der Waals surface area contributed by atoms with Crippen molar-refractivity contribution < 1.29 is 15.3 Å². The number of allylic oxidation sites excluding steroid dienone is 1. The smallest absolute Gasteiger partial charge is 0.179 e. The lowest BCUT2D eigenvalue weighted by Crippen LogP contribution is -2.31. The molecule has 2 aliphatic carbocycles. The van der Waals surface area contributed by atoms with E-state index >= 15 is 0 Å². The highest BCUT2D eigenvalue weighted by Gasteiger charge is 2.60. The lowest BCUT2D eigenvalue weighted by Gasteiger charge is -2.31. The maximum atomic E-state index is 8.64. The number of fused-ring (bicyclic) bond motifs is 12. The Kier molecular flexibility index (Phi) is 5.30. The number of benzene rings is 6. The first-order valence-corrected chi connectivity index (χ1v) is 16.5. The van der Waals surface area contributed by atoms with Crippen LogP contribution in [0.2, 0.25) is 0 Å². The van der Waals surface area contributed by atoms with Gasteiger partial charge in [-0.2, -0.15) is 0 Å². The highest BCUT2D eigenvalue weighted by Crippen LogP contribution is 2.65. The molecule has 3 aliphatic rings. The molecule has 2 aromatic heterocycles. The van der Waals surface area contributed by atoms with Gasteiger partial charge in [0.2, 0.25) is 0 Å². The SMILES string of the molecule is [2H]c1ccc2c(c1)-c1ccc(-c3nc(-c4ccccc4)nc(-c4ccccc4)n3)cc1C21C2=C(Oc3ccccc3O2)c2c1oc1ccccc21. The van der Waals surface area contributed by atoms with E-state index in [-0.39, 0.29) is 0 Å². The van der Waals surface area contributed by atoms with Gasteiger partial charge in [-0.3, -0.25) is 0 Å².